The Morgan fingerprint density at radius 1 is 1.07 bits per heavy atom. The van der Waals surface area contributed by atoms with E-state index in [-0.39, 0.29) is 28.9 Å². The van der Waals surface area contributed by atoms with Crippen LogP contribution in [0.3, 0.4) is 0 Å². The predicted molar refractivity (Wildman–Crippen MR) is 142 cm³/mol. The maximum Gasteiger partial charge on any atom is 0.416 e. The molecule has 13 heteroatoms. The van der Waals surface area contributed by atoms with Gasteiger partial charge in [-0.05, 0) is 67.6 Å². The van der Waals surface area contributed by atoms with Gasteiger partial charge >= 0.3 is 12.1 Å². The Balaban J connectivity index is 1.68. The van der Waals surface area contributed by atoms with Crippen molar-refractivity contribution in [3.05, 3.63) is 65.5 Å². The number of carboxylic acid groups (broad SMARTS) is 1. The number of sulfone groups is 1. The highest BCUT2D eigenvalue weighted by molar-refractivity contribution is 7.90. The number of nitrogens with zero attached hydrogens (tertiary/aromatic N) is 4. The molecule has 0 aliphatic heterocycles. The zero-order valence-corrected chi connectivity index (χ0v) is 22.4. The van der Waals surface area contributed by atoms with Crippen molar-refractivity contribution in [1.29, 1.82) is 0 Å². The number of rotatable bonds is 8. The van der Waals surface area contributed by atoms with Crippen molar-refractivity contribution >= 4 is 32.8 Å². The highest BCUT2D eigenvalue weighted by atomic mass is 32.2. The van der Waals surface area contributed by atoms with E-state index in [0.717, 1.165) is 37.7 Å². The van der Waals surface area contributed by atoms with Gasteiger partial charge in [0, 0.05) is 24.4 Å². The minimum atomic E-state index is -4.48. The van der Waals surface area contributed by atoms with Gasteiger partial charge in [0.1, 0.15) is 11.3 Å². The van der Waals surface area contributed by atoms with Crippen LogP contribution >= 0.6 is 0 Å². The molecule has 2 heterocycles. The Morgan fingerprint density at radius 3 is 2.25 bits per heavy atom. The minimum Gasteiger partial charge on any atom is -0.475 e. The molecule has 4 aromatic rings. The fourth-order valence-corrected chi connectivity index (χ4v) is 5.34. The molecule has 1 fully saturated rings. The van der Waals surface area contributed by atoms with Crippen molar-refractivity contribution in [3.63, 3.8) is 0 Å². The lowest BCUT2D eigenvalue weighted by molar-refractivity contribution is -0.137. The normalized spacial score (nSPS) is 15.1. The van der Waals surface area contributed by atoms with Crippen LogP contribution in [0.4, 0.5) is 19.0 Å². The van der Waals surface area contributed by atoms with Crippen LogP contribution in [0.25, 0.3) is 22.6 Å². The zero-order chi connectivity index (χ0) is 28.8. The number of fused-ring (bicyclic) bond motifs is 1. The molecule has 210 valence electrons. The highest BCUT2D eigenvalue weighted by Crippen LogP contribution is 2.35. The Kier molecular flexibility index (Phi) is 7.02. The van der Waals surface area contributed by atoms with Crippen LogP contribution in [-0.2, 0) is 22.6 Å². The van der Waals surface area contributed by atoms with Crippen molar-refractivity contribution in [2.24, 2.45) is 5.92 Å². The third-order valence-corrected chi connectivity index (χ3v) is 8.31. The fourth-order valence-electron chi connectivity index (χ4n) is 4.71. The first-order valence-corrected chi connectivity index (χ1v) is 14.4. The van der Waals surface area contributed by atoms with E-state index in [1.54, 1.807) is 16.7 Å². The topological polar surface area (TPSA) is 127 Å². The average Bonchev–Trinajstić information content (AvgIpc) is 3.20. The summed E-state index contributed by atoms with van der Waals surface area (Å²) < 4.78 is 65.1. The summed E-state index contributed by atoms with van der Waals surface area (Å²) in [5.41, 5.74) is 0.728. The van der Waals surface area contributed by atoms with Gasteiger partial charge < -0.3 is 15.0 Å². The number of nitrogens with one attached hydrogen (secondary N) is 1. The molecule has 0 saturated heterocycles. The van der Waals surface area contributed by atoms with Crippen LogP contribution in [0.15, 0.2) is 53.4 Å². The Morgan fingerprint density at radius 2 is 1.73 bits per heavy atom. The van der Waals surface area contributed by atoms with Crippen LogP contribution < -0.4 is 5.32 Å². The van der Waals surface area contributed by atoms with Crippen LogP contribution in [-0.4, -0.2) is 51.3 Å². The van der Waals surface area contributed by atoms with Crippen LogP contribution in [0.1, 0.15) is 47.9 Å². The summed E-state index contributed by atoms with van der Waals surface area (Å²) in [6, 6.07) is 10.7. The van der Waals surface area contributed by atoms with Gasteiger partial charge in [-0.15, -0.1) is 0 Å². The van der Waals surface area contributed by atoms with E-state index in [0.29, 0.717) is 28.4 Å². The first-order chi connectivity index (χ1) is 18.8. The monoisotopic (exact) mass is 573 g/mol. The van der Waals surface area contributed by atoms with Gasteiger partial charge in [-0.3, -0.25) is 0 Å². The lowest BCUT2D eigenvalue weighted by atomic mass is 9.80. The number of anilines is 1. The van der Waals surface area contributed by atoms with Crippen molar-refractivity contribution in [2.75, 3.05) is 11.6 Å². The molecule has 0 bridgehead atoms. The number of imidazole rings is 1. The molecular formula is C27H26F3N5O4S. The number of alkyl halides is 3. The molecule has 2 N–H and O–H groups in total. The van der Waals surface area contributed by atoms with Crippen LogP contribution in [0.5, 0.6) is 0 Å². The fraction of sp³-hybridized carbons (Fsp3) is 0.333. The van der Waals surface area contributed by atoms with Gasteiger partial charge in [0.2, 0.25) is 5.82 Å². The molecule has 1 aliphatic rings. The number of halogens is 3. The number of aromatic nitrogens is 4. The summed E-state index contributed by atoms with van der Waals surface area (Å²) in [6.07, 6.45) is -0.238. The third kappa shape index (κ3) is 5.51. The van der Waals surface area contributed by atoms with Crippen LogP contribution in [0.2, 0.25) is 0 Å². The van der Waals surface area contributed by atoms with Gasteiger partial charge in [0.05, 0.1) is 10.5 Å². The number of aromatic carboxylic acids is 1. The SMILES string of the molecule is C[C@@H](Nc1nc(C(=O)O)nc2nc(-c3ccc(S(C)(=O)=O)cc3)n(Cc3ccc(C(F)(F)F)cc3)c12)C1CCC1. The molecule has 0 amide bonds. The second-order valence-electron chi connectivity index (χ2n) is 10.0. The van der Waals surface area contributed by atoms with E-state index in [4.69, 9.17) is 0 Å². The van der Waals surface area contributed by atoms with Crippen molar-refractivity contribution in [3.8, 4) is 11.4 Å². The van der Waals surface area contributed by atoms with Gasteiger partial charge in [-0.1, -0.05) is 18.6 Å². The molecule has 40 heavy (non-hydrogen) atoms. The Labute approximate surface area is 228 Å². The molecule has 0 radical (unpaired) electrons. The second kappa shape index (κ2) is 10.2. The largest absolute Gasteiger partial charge is 0.475 e. The number of carbonyl (C=O) groups is 1. The molecule has 0 spiro atoms. The smallest absolute Gasteiger partial charge is 0.416 e. The molecular weight excluding hydrogens is 547 g/mol. The van der Waals surface area contributed by atoms with Gasteiger partial charge in [-0.2, -0.15) is 13.2 Å². The maximum absolute atomic E-state index is 13.2. The molecule has 9 nitrogen and oxygen atoms in total. The average molecular weight is 574 g/mol. The second-order valence-corrected chi connectivity index (χ2v) is 12.0. The summed E-state index contributed by atoms with van der Waals surface area (Å²) in [5, 5.41) is 13.0. The van der Waals surface area contributed by atoms with Crippen molar-refractivity contribution in [2.45, 2.75) is 49.8 Å². The molecule has 2 aromatic heterocycles. The lowest BCUT2D eigenvalue weighted by Crippen LogP contribution is -2.31. The van der Waals surface area contributed by atoms with Crippen molar-refractivity contribution in [1.82, 2.24) is 19.5 Å². The standard InChI is InChI=1S/C27H26F3N5O4S/c1-15(17-4-3-5-17)31-22-21-23(33-24(32-22)26(36)37)34-25(18-8-12-20(13-9-18)40(2,38)39)35(21)14-16-6-10-19(11-7-16)27(28,29)30/h6-13,15,17H,3-5,14H2,1-2H3,(H,36,37)(H,31,32,33)/t15-/m1/s1. The summed E-state index contributed by atoms with van der Waals surface area (Å²) in [5.74, 6) is -0.828. The summed E-state index contributed by atoms with van der Waals surface area (Å²) in [4.78, 5) is 25.0. The summed E-state index contributed by atoms with van der Waals surface area (Å²) >= 11 is 0. The van der Waals surface area contributed by atoms with E-state index in [1.165, 1.54) is 24.3 Å². The van der Waals surface area contributed by atoms with E-state index >= 15 is 0 Å². The molecule has 1 aliphatic carbocycles. The zero-order valence-electron chi connectivity index (χ0n) is 21.6. The molecule has 5 rings (SSSR count). The third-order valence-electron chi connectivity index (χ3n) is 7.18. The van der Waals surface area contributed by atoms with Gasteiger partial charge in [-0.25, -0.2) is 28.2 Å². The van der Waals surface area contributed by atoms with Crippen molar-refractivity contribution < 1.29 is 31.5 Å². The van der Waals surface area contributed by atoms with Gasteiger partial charge in [0.25, 0.3) is 0 Å². The Bertz CT molecular complexity index is 1680. The molecule has 2 aromatic carbocycles. The first kappa shape index (κ1) is 27.6. The maximum atomic E-state index is 13.2. The summed E-state index contributed by atoms with van der Waals surface area (Å²) in [6.45, 7) is 2.06. The minimum absolute atomic E-state index is 0.0274. The van der Waals surface area contributed by atoms with E-state index in [9.17, 15) is 31.5 Å². The number of benzene rings is 2. The lowest BCUT2D eigenvalue weighted by Gasteiger charge is -2.32. The molecule has 1 saturated carbocycles. The van der Waals surface area contributed by atoms with E-state index in [1.807, 2.05) is 6.92 Å². The Hall–Kier alpha value is -4.00. The number of hydrogen-bond acceptors (Lipinski definition) is 7. The first-order valence-electron chi connectivity index (χ1n) is 12.6. The predicted octanol–water partition coefficient (Wildman–Crippen LogP) is 5.26. The highest BCUT2D eigenvalue weighted by Gasteiger charge is 2.30. The van der Waals surface area contributed by atoms with E-state index < -0.39 is 33.4 Å². The van der Waals surface area contributed by atoms with E-state index in [2.05, 4.69) is 20.3 Å². The van der Waals surface area contributed by atoms with Crippen LogP contribution in [0, 0.1) is 5.92 Å². The summed E-state index contributed by atoms with van der Waals surface area (Å²) in [7, 11) is -3.46. The number of carboxylic acids is 1. The molecule has 1 atom stereocenters. The molecule has 0 unspecified atom stereocenters. The quantitative estimate of drug-likeness (QED) is 0.292. The van der Waals surface area contributed by atoms with Gasteiger partial charge in [0.15, 0.2) is 21.3 Å². The number of hydrogen-bond donors (Lipinski definition) is 2.